The van der Waals surface area contributed by atoms with Crippen molar-refractivity contribution in [3.8, 4) is 0 Å². The van der Waals surface area contributed by atoms with E-state index >= 15 is 0 Å². The smallest absolute Gasteiger partial charge is 0.152 e. The highest BCUT2D eigenvalue weighted by atomic mass is 15.1. The van der Waals surface area contributed by atoms with Crippen LogP contribution in [0.3, 0.4) is 0 Å². The molecule has 0 bridgehead atoms. The summed E-state index contributed by atoms with van der Waals surface area (Å²) in [4.78, 5) is 13.3. The molecule has 2 rings (SSSR count). The first-order chi connectivity index (χ1) is 9.26. The van der Waals surface area contributed by atoms with E-state index in [-0.39, 0.29) is 6.04 Å². The predicted molar refractivity (Wildman–Crippen MR) is 74.8 cm³/mol. The van der Waals surface area contributed by atoms with Crippen molar-refractivity contribution in [1.29, 1.82) is 0 Å². The van der Waals surface area contributed by atoms with Gasteiger partial charge in [0.15, 0.2) is 5.82 Å². The first-order valence-electron chi connectivity index (χ1n) is 6.79. The Morgan fingerprint density at radius 3 is 2.58 bits per heavy atom. The second-order valence-corrected chi connectivity index (χ2v) is 4.59. The Hall–Kier alpha value is -1.75. The lowest BCUT2D eigenvalue weighted by Crippen LogP contribution is -2.27. The quantitative estimate of drug-likeness (QED) is 0.863. The van der Waals surface area contributed by atoms with Gasteiger partial charge in [-0.2, -0.15) is 0 Å². The second kappa shape index (κ2) is 6.43. The van der Waals surface area contributed by atoms with Gasteiger partial charge in [0, 0.05) is 31.3 Å². The van der Waals surface area contributed by atoms with E-state index in [1.165, 1.54) is 0 Å². The third-order valence-electron chi connectivity index (χ3n) is 2.94. The van der Waals surface area contributed by atoms with Gasteiger partial charge in [0.1, 0.15) is 11.9 Å². The molecule has 0 radical (unpaired) electrons. The van der Waals surface area contributed by atoms with Gasteiger partial charge in [-0.3, -0.25) is 0 Å². The number of nitrogens with one attached hydrogen (secondary N) is 1. The van der Waals surface area contributed by atoms with Crippen LogP contribution in [0.2, 0.25) is 0 Å². The Labute approximate surface area is 114 Å². The zero-order valence-electron chi connectivity index (χ0n) is 11.8. The fraction of sp³-hybridized carbons (Fsp3) is 0.500. The van der Waals surface area contributed by atoms with Gasteiger partial charge in [-0.1, -0.05) is 13.8 Å². The summed E-state index contributed by atoms with van der Waals surface area (Å²) in [5.74, 6) is 1.75. The molecule has 0 amide bonds. The molecule has 2 heterocycles. The average Bonchev–Trinajstić information content (AvgIpc) is 2.86. The molecule has 0 saturated heterocycles. The van der Waals surface area contributed by atoms with Crippen LogP contribution in [0, 0.1) is 6.92 Å². The van der Waals surface area contributed by atoms with E-state index in [1.807, 2.05) is 31.7 Å². The van der Waals surface area contributed by atoms with Crippen molar-refractivity contribution in [2.75, 3.05) is 6.54 Å². The number of aryl methyl sites for hydroxylation is 2. The van der Waals surface area contributed by atoms with E-state index in [9.17, 15) is 0 Å². The van der Waals surface area contributed by atoms with Crippen LogP contribution in [0.1, 0.15) is 43.5 Å². The van der Waals surface area contributed by atoms with Gasteiger partial charge in [-0.15, -0.1) is 0 Å². The number of nitrogens with zero attached hydrogens (tertiary/aromatic N) is 4. The molecule has 102 valence electrons. The van der Waals surface area contributed by atoms with E-state index in [0.29, 0.717) is 0 Å². The van der Waals surface area contributed by atoms with Gasteiger partial charge < -0.3 is 9.88 Å². The molecule has 1 N–H and O–H groups in total. The van der Waals surface area contributed by atoms with Gasteiger partial charge in [0.25, 0.3) is 0 Å². The number of hydrogen-bond acceptors (Lipinski definition) is 4. The van der Waals surface area contributed by atoms with Crippen LogP contribution in [0.4, 0.5) is 0 Å². The lowest BCUT2D eigenvalue weighted by molar-refractivity contribution is 0.524. The van der Waals surface area contributed by atoms with Crippen molar-refractivity contribution >= 4 is 0 Å². The van der Waals surface area contributed by atoms with Gasteiger partial charge in [-0.25, -0.2) is 15.0 Å². The molecule has 0 spiro atoms. The first-order valence-corrected chi connectivity index (χ1v) is 6.79. The molecule has 1 atom stereocenters. The minimum Gasteiger partial charge on any atom is -0.333 e. The normalized spacial score (nSPS) is 12.6. The van der Waals surface area contributed by atoms with Crippen molar-refractivity contribution < 1.29 is 0 Å². The Bertz CT molecular complexity index is 503. The van der Waals surface area contributed by atoms with E-state index < -0.39 is 0 Å². The largest absolute Gasteiger partial charge is 0.333 e. The van der Waals surface area contributed by atoms with E-state index in [2.05, 4.69) is 38.7 Å². The number of aromatic nitrogens is 4. The van der Waals surface area contributed by atoms with Crippen LogP contribution in [-0.2, 0) is 6.54 Å². The van der Waals surface area contributed by atoms with Crippen molar-refractivity contribution in [3.05, 3.63) is 42.0 Å². The molecule has 2 aromatic heterocycles. The summed E-state index contributed by atoms with van der Waals surface area (Å²) < 4.78 is 2.16. The number of rotatable bonds is 6. The molecule has 0 saturated carbocycles. The molecule has 0 aliphatic carbocycles. The van der Waals surface area contributed by atoms with Crippen LogP contribution >= 0.6 is 0 Å². The average molecular weight is 259 g/mol. The lowest BCUT2D eigenvalue weighted by atomic mass is 10.2. The van der Waals surface area contributed by atoms with Crippen LogP contribution in [0.25, 0.3) is 0 Å². The number of hydrogen-bond donors (Lipinski definition) is 1. The van der Waals surface area contributed by atoms with Crippen LogP contribution in [0.15, 0.2) is 24.8 Å². The maximum atomic E-state index is 4.47. The highest BCUT2D eigenvalue weighted by Gasteiger charge is 2.20. The molecule has 0 aromatic carbocycles. The second-order valence-electron chi connectivity index (χ2n) is 4.59. The molecule has 0 aliphatic heterocycles. The Kier molecular flexibility index (Phi) is 4.63. The topological polar surface area (TPSA) is 55.6 Å². The molecule has 2 aromatic rings. The summed E-state index contributed by atoms with van der Waals surface area (Å²) in [6.45, 7) is 8.04. The molecular weight excluding hydrogens is 238 g/mol. The molecule has 19 heavy (non-hydrogen) atoms. The monoisotopic (exact) mass is 259 g/mol. The summed E-state index contributed by atoms with van der Waals surface area (Å²) >= 11 is 0. The van der Waals surface area contributed by atoms with E-state index in [1.54, 1.807) is 0 Å². The van der Waals surface area contributed by atoms with Gasteiger partial charge >= 0.3 is 0 Å². The maximum Gasteiger partial charge on any atom is 0.152 e. The number of imidazole rings is 1. The highest BCUT2D eigenvalue weighted by molar-refractivity contribution is 5.13. The van der Waals surface area contributed by atoms with Crippen LogP contribution in [0.5, 0.6) is 0 Å². The molecular formula is C14H21N5. The maximum absolute atomic E-state index is 4.47. The summed E-state index contributed by atoms with van der Waals surface area (Å²) in [6, 6.07) is -0.0489. The van der Waals surface area contributed by atoms with Gasteiger partial charge in [0.2, 0.25) is 0 Å². The van der Waals surface area contributed by atoms with E-state index in [0.717, 1.165) is 36.7 Å². The van der Waals surface area contributed by atoms with Gasteiger partial charge in [0.05, 0.1) is 0 Å². The Morgan fingerprint density at radius 2 is 1.95 bits per heavy atom. The van der Waals surface area contributed by atoms with Crippen molar-refractivity contribution in [2.45, 2.75) is 39.8 Å². The van der Waals surface area contributed by atoms with Crippen molar-refractivity contribution in [1.82, 2.24) is 24.8 Å². The van der Waals surface area contributed by atoms with Crippen LogP contribution in [-0.4, -0.2) is 26.1 Å². The molecule has 5 nitrogen and oxygen atoms in total. The first kappa shape index (κ1) is 13.7. The highest BCUT2D eigenvalue weighted by Crippen LogP contribution is 2.17. The van der Waals surface area contributed by atoms with Crippen molar-refractivity contribution in [2.24, 2.45) is 0 Å². The Balaban J connectivity index is 2.33. The standard InChI is InChI=1S/C14H21N5/c1-4-7-19-8-6-16-14(19)12(15-5-2)13-17-9-11(3)10-18-13/h6,8-10,12,15H,4-5,7H2,1-3H3. The summed E-state index contributed by atoms with van der Waals surface area (Å²) in [5.41, 5.74) is 1.07. The van der Waals surface area contributed by atoms with Gasteiger partial charge in [-0.05, 0) is 25.5 Å². The fourth-order valence-electron chi connectivity index (χ4n) is 2.06. The van der Waals surface area contributed by atoms with Crippen LogP contribution < -0.4 is 5.32 Å². The van der Waals surface area contributed by atoms with Crippen molar-refractivity contribution in [3.63, 3.8) is 0 Å². The summed E-state index contributed by atoms with van der Waals surface area (Å²) in [7, 11) is 0. The molecule has 0 aliphatic rings. The van der Waals surface area contributed by atoms with E-state index in [4.69, 9.17) is 0 Å². The molecule has 5 heteroatoms. The third-order valence-corrected chi connectivity index (χ3v) is 2.94. The fourth-order valence-corrected chi connectivity index (χ4v) is 2.06. The zero-order valence-corrected chi connectivity index (χ0v) is 11.8. The SMILES string of the molecule is CCCn1ccnc1C(NCC)c1ncc(C)cn1. The zero-order chi connectivity index (χ0) is 13.7. The minimum absolute atomic E-state index is 0.0489. The predicted octanol–water partition coefficient (Wildman–Crippen LogP) is 2.09. The molecule has 1 unspecified atom stereocenters. The summed E-state index contributed by atoms with van der Waals surface area (Å²) in [6.07, 6.45) is 8.62. The third kappa shape index (κ3) is 3.17. The summed E-state index contributed by atoms with van der Waals surface area (Å²) in [5, 5.41) is 3.41. The molecule has 0 fully saturated rings. The minimum atomic E-state index is -0.0489. The lowest BCUT2D eigenvalue weighted by Gasteiger charge is -2.17. The Morgan fingerprint density at radius 1 is 1.21 bits per heavy atom.